The first-order valence-electron chi connectivity index (χ1n) is 12.2. The summed E-state index contributed by atoms with van der Waals surface area (Å²) in [5.41, 5.74) is 1.18. The third kappa shape index (κ3) is 10.9. The Morgan fingerprint density at radius 2 is 0.897 bits per heavy atom. The molecule has 0 aliphatic heterocycles. The van der Waals surface area contributed by atoms with Gasteiger partial charge in [0.15, 0.2) is 0 Å². The van der Waals surface area contributed by atoms with Gasteiger partial charge in [-0.05, 0) is 49.4 Å². The third-order valence-electron chi connectivity index (χ3n) is 5.75. The number of aryl methyl sites for hydroxylation is 1. The van der Waals surface area contributed by atoms with Crippen LogP contribution < -0.4 is 21.2 Å². The van der Waals surface area contributed by atoms with Crippen LogP contribution in [0.3, 0.4) is 0 Å². The molecule has 203 valence electrons. The summed E-state index contributed by atoms with van der Waals surface area (Å²) in [5, 5.41) is 5.89. The Labute approximate surface area is 269 Å². The van der Waals surface area contributed by atoms with Crippen molar-refractivity contribution in [1.29, 1.82) is 0 Å². The second-order valence-electron chi connectivity index (χ2n) is 8.31. The number of rotatable bonds is 7. The van der Waals surface area contributed by atoms with Crippen LogP contribution in [0.5, 0.6) is 0 Å². The maximum atomic E-state index is 3.69. The zero-order chi connectivity index (χ0) is 27.9. The van der Waals surface area contributed by atoms with E-state index in [0.717, 1.165) is 16.9 Å². The summed E-state index contributed by atoms with van der Waals surface area (Å²) in [4.78, 5) is 0. The Morgan fingerprint density at radius 3 is 1.15 bits per heavy atom. The minimum atomic E-state index is -0.348. The molecule has 5 aromatic rings. The first-order chi connectivity index (χ1) is 19.1. The number of benzene rings is 4. The van der Waals surface area contributed by atoms with Crippen molar-refractivity contribution < 1.29 is 13.7 Å². The monoisotopic (exact) mass is 800 g/mol. The van der Waals surface area contributed by atoms with Crippen LogP contribution >= 0.6 is 70.1 Å². The molecular weight excluding hydrogens is 776 g/mol. The van der Waals surface area contributed by atoms with Crippen molar-refractivity contribution in [3.8, 4) is 0 Å². The van der Waals surface area contributed by atoms with Crippen LogP contribution in [0.2, 0.25) is 0 Å². The summed E-state index contributed by atoms with van der Waals surface area (Å²) in [6.45, 7) is 2.03. The van der Waals surface area contributed by atoms with E-state index in [9.17, 15) is 0 Å². The van der Waals surface area contributed by atoms with Crippen molar-refractivity contribution in [1.82, 2.24) is 0 Å². The first kappa shape index (κ1) is 32.8. The van der Waals surface area contributed by atoms with Crippen LogP contribution in [0.1, 0.15) is 5.56 Å². The molecule has 0 spiro atoms. The van der Waals surface area contributed by atoms with Crippen LogP contribution in [0.25, 0.3) is 0 Å². The first-order valence-corrected chi connectivity index (χ1v) is 20.2. The summed E-state index contributed by atoms with van der Waals surface area (Å²) in [6.07, 6.45) is 2.41. The van der Waals surface area contributed by atoms with Crippen molar-refractivity contribution >= 4 is 91.3 Å². The van der Waals surface area contributed by atoms with Crippen molar-refractivity contribution in [2.24, 2.45) is 0 Å². The fraction of sp³-hybridized carbons (Fsp3) is 0.0938. The smallest absolute Gasteiger partial charge is 0.0195 e. The van der Waals surface area contributed by atoms with Crippen molar-refractivity contribution in [2.45, 2.75) is 6.92 Å². The molecule has 0 unspecified atom stereocenters. The van der Waals surface area contributed by atoms with Gasteiger partial charge in [0.05, 0.1) is 0 Å². The van der Waals surface area contributed by atoms with E-state index < -0.39 is 0 Å². The van der Waals surface area contributed by atoms with Gasteiger partial charge in [0.25, 0.3) is 0 Å². The second-order valence-corrected chi connectivity index (χ2v) is 16.2. The van der Waals surface area contributed by atoms with Gasteiger partial charge in [0.2, 0.25) is 0 Å². The Hall–Kier alpha value is -0.676. The van der Waals surface area contributed by atoms with Gasteiger partial charge in [-0.25, -0.2) is 8.19 Å². The van der Waals surface area contributed by atoms with Crippen molar-refractivity contribution in [2.75, 3.05) is 12.3 Å². The van der Waals surface area contributed by atoms with E-state index in [1.165, 1.54) is 39.1 Å². The van der Waals surface area contributed by atoms with E-state index in [1.54, 1.807) is 0 Å². The molecule has 0 nitrogen and oxygen atoms in total. The molecule has 0 radical (unpaired) electrons. The maximum absolute atomic E-state index is 3.69. The Kier molecular flexibility index (Phi) is 15.7. The Bertz CT molecular complexity index is 1200. The summed E-state index contributed by atoms with van der Waals surface area (Å²) in [5.74, 6) is 3.17. The van der Waals surface area contributed by atoms with Crippen LogP contribution in [0, 0.1) is 12.7 Å². The van der Waals surface area contributed by atoms with Gasteiger partial charge in [-0.3, -0.25) is 0 Å². The van der Waals surface area contributed by atoms with Gasteiger partial charge in [0.1, 0.15) is 0 Å². The van der Waals surface area contributed by atoms with Gasteiger partial charge in [0, 0.05) is 0 Å². The van der Waals surface area contributed by atoms with Gasteiger partial charge in [-0.1, -0.05) is 137 Å². The van der Waals surface area contributed by atoms with E-state index in [-0.39, 0.29) is 15.8 Å². The van der Waals surface area contributed by atoms with Gasteiger partial charge >= 0.3 is 27.9 Å². The molecule has 0 saturated carbocycles. The predicted molar refractivity (Wildman–Crippen MR) is 185 cm³/mol. The summed E-state index contributed by atoms with van der Waals surface area (Å²) in [7, 11) is 0.430. The molecule has 0 N–H and O–H groups in total. The normalized spacial score (nSPS) is 10.6. The molecule has 0 fully saturated rings. The van der Waals surface area contributed by atoms with Gasteiger partial charge in [-0.15, -0.1) is 49.3 Å². The summed E-state index contributed by atoms with van der Waals surface area (Å²) in [6, 6.07) is 46.3. The summed E-state index contributed by atoms with van der Waals surface area (Å²) < 4.78 is 2.27. The van der Waals surface area contributed by atoms with E-state index in [2.05, 4.69) is 187 Å². The molecule has 0 saturated heterocycles. The van der Waals surface area contributed by atoms with Crippen molar-refractivity contribution in [3.63, 3.8) is 0 Å². The minimum Gasteiger partial charge on any atom is -0.0622 e. The average Bonchev–Trinajstić information content (AvgIpc) is 3.01. The van der Waals surface area contributed by atoms with Crippen LogP contribution in [-0.4, -0.2) is 12.3 Å². The van der Waals surface area contributed by atoms with E-state index in [1.807, 2.05) is 13.0 Å². The van der Waals surface area contributed by atoms with E-state index >= 15 is 0 Å². The number of halogens is 3. The van der Waals surface area contributed by atoms with Gasteiger partial charge < -0.3 is 0 Å². The minimum absolute atomic E-state index is 0.348. The van der Waals surface area contributed by atoms with Gasteiger partial charge in [-0.2, -0.15) is 0 Å². The molecule has 1 heterocycles. The fourth-order valence-corrected chi connectivity index (χ4v) is 11.3. The molecule has 7 heteroatoms. The topological polar surface area (TPSA) is 0 Å². The van der Waals surface area contributed by atoms with Crippen LogP contribution in [-0.2, 0) is 13.7 Å². The zero-order valence-electron chi connectivity index (χ0n) is 21.3. The molecule has 0 bridgehead atoms. The van der Waals surface area contributed by atoms with Crippen molar-refractivity contribution in [3.05, 3.63) is 147 Å². The average molecular weight is 804 g/mol. The molecular formula is C32H28Br3NiP3-. The molecule has 0 aliphatic carbocycles. The molecule has 5 rings (SSSR count). The molecule has 39 heavy (non-hydrogen) atoms. The largest absolute Gasteiger partial charge is 0.0622 e. The Morgan fingerprint density at radius 1 is 0.590 bits per heavy atom. The zero-order valence-corrected chi connectivity index (χ0v) is 29.8. The third-order valence-corrected chi connectivity index (χ3v) is 13.5. The summed E-state index contributed by atoms with van der Waals surface area (Å²) >= 11 is 13.0. The predicted octanol–water partition coefficient (Wildman–Crippen LogP) is 10.00. The maximum Gasteiger partial charge on any atom is -0.0195 e. The molecule has 0 aliphatic rings. The number of hydrogen-bond acceptors (Lipinski definition) is 0. The molecule has 4 aromatic carbocycles. The molecule has 0 amide bonds. The second kappa shape index (κ2) is 18.7. The molecule has 0 atom stereocenters. The van der Waals surface area contributed by atoms with Crippen LogP contribution in [0.4, 0.5) is 0 Å². The quantitative estimate of drug-likeness (QED) is 0.0874. The van der Waals surface area contributed by atoms with E-state index in [0.29, 0.717) is 0 Å². The SMILES string of the molecule is Cc1[c-]pc(Br)cc1Br.[Ni][Br].c1ccc(P(CCP(c2ccccc2)c2ccccc2)c2ccccc2)cc1. The number of hydrogen-bond donors (Lipinski definition) is 0. The van der Waals surface area contributed by atoms with E-state index in [4.69, 9.17) is 0 Å². The fourth-order valence-electron chi connectivity index (χ4n) is 3.88. The molecule has 1 aromatic heterocycles. The van der Waals surface area contributed by atoms with Crippen LogP contribution in [0.15, 0.2) is 136 Å². The standard InChI is InChI=1S/C26H24P2.C6H4Br2P.BrH.Ni/c1-5-13-23(14-6-1)27(24-15-7-2-8-16-24)21-22-28(25-17-9-3-10-18-25)26-19-11-4-12-20-26;1-4-3-9-6(8)2-5(4)7;;/h1-20H,21-22H2;2H,1H3;1H;/q;-1;;+1/p-1. The Balaban J connectivity index is 0.000000322.